The van der Waals surface area contributed by atoms with E-state index in [-0.39, 0.29) is 18.4 Å². The van der Waals surface area contributed by atoms with Crippen molar-refractivity contribution in [3.63, 3.8) is 0 Å². The van der Waals surface area contributed by atoms with Gasteiger partial charge in [0, 0.05) is 12.3 Å². The first-order valence-electron chi connectivity index (χ1n) is 9.35. The van der Waals surface area contributed by atoms with Gasteiger partial charge < -0.3 is 19.5 Å². The summed E-state index contributed by atoms with van der Waals surface area (Å²) in [5, 5.41) is 2.88. The Balaban J connectivity index is 2.21. The monoisotopic (exact) mass is 363 g/mol. The van der Waals surface area contributed by atoms with Crippen LogP contribution in [0.4, 0.5) is 5.69 Å². The van der Waals surface area contributed by atoms with E-state index in [2.05, 4.69) is 5.32 Å². The topological polar surface area (TPSA) is 73.9 Å². The number of carbonyl (C=O) groups is 2. The van der Waals surface area contributed by atoms with Gasteiger partial charge in [-0.15, -0.1) is 0 Å². The maximum atomic E-state index is 12.8. The van der Waals surface area contributed by atoms with Crippen molar-refractivity contribution in [2.75, 3.05) is 25.1 Å². The fraction of sp³-hybridized carbons (Fsp3) is 0.600. The van der Waals surface area contributed by atoms with E-state index in [1.165, 1.54) is 0 Å². The quantitative estimate of drug-likeness (QED) is 0.640. The molecule has 1 aliphatic rings. The summed E-state index contributed by atoms with van der Waals surface area (Å²) in [6.45, 7) is 8.69. The van der Waals surface area contributed by atoms with Crippen LogP contribution in [0, 0.1) is 5.92 Å². The minimum atomic E-state index is -0.851. The Kier molecular flexibility index (Phi) is 7.03. The lowest BCUT2D eigenvalue weighted by atomic mass is 9.98. The molecule has 1 N–H and O–H groups in total. The van der Waals surface area contributed by atoms with Crippen molar-refractivity contribution in [1.82, 2.24) is 0 Å². The molecule has 0 aromatic heterocycles. The number of benzene rings is 1. The van der Waals surface area contributed by atoms with Gasteiger partial charge >= 0.3 is 5.97 Å². The third-order valence-electron chi connectivity index (χ3n) is 4.45. The van der Waals surface area contributed by atoms with Crippen molar-refractivity contribution in [3.8, 4) is 5.75 Å². The van der Waals surface area contributed by atoms with Crippen molar-refractivity contribution in [1.29, 1.82) is 0 Å². The summed E-state index contributed by atoms with van der Waals surface area (Å²) in [7, 11) is 0. The highest BCUT2D eigenvalue weighted by atomic mass is 16.5. The standard InChI is InChI=1S/C20H29NO5/c1-5-12-25-17-11-10-15(13-16(17)18(22)24-6-2)21-19(23)20(4,26-7-3)14-8-9-14/h10-11,13-14H,5-9,12H2,1-4H3,(H,21,23)/t20-/m0/s1. The fourth-order valence-electron chi connectivity index (χ4n) is 2.87. The van der Waals surface area contributed by atoms with Crippen LogP contribution in [-0.4, -0.2) is 37.3 Å². The fourth-order valence-corrected chi connectivity index (χ4v) is 2.87. The van der Waals surface area contributed by atoms with Crippen LogP contribution in [0.3, 0.4) is 0 Å². The highest BCUT2D eigenvalue weighted by molar-refractivity contribution is 6.00. The van der Waals surface area contributed by atoms with Crippen molar-refractivity contribution in [2.24, 2.45) is 5.92 Å². The van der Waals surface area contributed by atoms with E-state index >= 15 is 0 Å². The zero-order valence-corrected chi connectivity index (χ0v) is 16.1. The third-order valence-corrected chi connectivity index (χ3v) is 4.45. The van der Waals surface area contributed by atoms with Crippen LogP contribution in [0.2, 0.25) is 0 Å². The molecule has 1 aromatic carbocycles. The van der Waals surface area contributed by atoms with Crippen LogP contribution >= 0.6 is 0 Å². The van der Waals surface area contributed by atoms with Gasteiger partial charge in [0.05, 0.1) is 13.2 Å². The first-order chi connectivity index (χ1) is 12.5. The molecule has 2 rings (SSSR count). The normalized spacial score (nSPS) is 15.8. The number of nitrogens with one attached hydrogen (secondary N) is 1. The van der Waals surface area contributed by atoms with E-state index in [9.17, 15) is 9.59 Å². The molecule has 1 saturated carbocycles. The van der Waals surface area contributed by atoms with Gasteiger partial charge in [0.2, 0.25) is 0 Å². The predicted molar refractivity (Wildman–Crippen MR) is 99.6 cm³/mol. The molecule has 0 saturated heterocycles. The van der Waals surface area contributed by atoms with Gasteiger partial charge in [-0.05, 0) is 64.2 Å². The molecule has 1 fully saturated rings. The Morgan fingerprint density at radius 2 is 1.92 bits per heavy atom. The Hall–Kier alpha value is -2.08. The molecule has 6 nitrogen and oxygen atoms in total. The van der Waals surface area contributed by atoms with Gasteiger partial charge in [-0.3, -0.25) is 4.79 Å². The first-order valence-corrected chi connectivity index (χ1v) is 9.35. The van der Waals surface area contributed by atoms with Crippen molar-refractivity contribution in [2.45, 2.75) is 52.6 Å². The predicted octanol–water partition coefficient (Wildman–Crippen LogP) is 3.80. The van der Waals surface area contributed by atoms with Crippen molar-refractivity contribution in [3.05, 3.63) is 23.8 Å². The average molecular weight is 363 g/mol. The lowest BCUT2D eigenvalue weighted by Gasteiger charge is -2.28. The highest BCUT2D eigenvalue weighted by Gasteiger charge is 2.48. The van der Waals surface area contributed by atoms with E-state index in [4.69, 9.17) is 14.2 Å². The minimum absolute atomic E-state index is 0.195. The molecule has 26 heavy (non-hydrogen) atoms. The van der Waals surface area contributed by atoms with Crippen LogP contribution in [-0.2, 0) is 14.3 Å². The lowest BCUT2D eigenvalue weighted by molar-refractivity contribution is -0.141. The number of hydrogen-bond acceptors (Lipinski definition) is 5. The summed E-state index contributed by atoms with van der Waals surface area (Å²) >= 11 is 0. The zero-order chi connectivity index (χ0) is 19.2. The summed E-state index contributed by atoms with van der Waals surface area (Å²) in [5.74, 6) is 0.0283. The summed E-state index contributed by atoms with van der Waals surface area (Å²) in [6.07, 6.45) is 2.80. The van der Waals surface area contributed by atoms with E-state index in [1.807, 2.05) is 20.8 Å². The SMILES string of the molecule is CCCOc1ccc(NC(=O)[C@@](C)(OCC)C2CC2)cc1C(=O)OCC. The maximum absolute atomic E-state index is 12.8. The molecule has 0 spiro atoms. The molecule has 0 radical (unpaired) electrons. The van der Waals surface area contributed by atoms with Crippen LogP contribution in [0.1, 0.15) is 57.3 Å². The Bertz CT molecular complexity index is 641. The van der Waals surface area contributed by atoms with Crippen LogP contribution in [0.15, 0.2) is 18.2 Å². The second-order valence-electron chi connectivity index (χ2n) is 6.55. The molecular formula is C20H29NO5. The molecule has 0 aliphatic heterocycles. The average Bonchev–Trinajstić information content (AvgIpc) is 3.46. The second kappa shape index (κ2) is 9.03. The minimum Gasteiger partial charge on any atom is -0.493 e. The van der Waals surface area contributed by atoms with Gasteiger partial charge in [-0.1, -0.05) is 6.92 Å². The van der Waals surface area contributed by atoms with E-state index in [0.717, 1.165) is 19.3 Å². The molecule has 6 heteroatoms. The number of anilines is 1. The van der Waals surface area contributed by atoms with E-state index in [0.29, 0.717) is 30.2 Å². The van der Waals surface area contributed by atoms with Gasteiger partial charge in [0.1, 0.15) is 16.9 Å². The first kappa shape index (κ1) is 20.2. The third kappa shape index (κ3) is 4.75. The number of esters is 1. The number of rotatable bonds is 10. The molecule has 1 amide bonds. The maximum Gasteiger partial charge on any atom is 0.341 e. The number of carbonyl (C=O) groups excluding carboxylic acids is 2. The van der Waals surface area contributed by atoms with Crippen LogP contribution in [0.5, 0.6) is 5.75 Å². The Labute approximate surface area is 155 Å². The number of ether oxygens (including phenoxy) is 3. The molecule has 0 bridgehead atoms. The van der Waals surface area contributed by atoms with Gasteiger partial charge in [0.15, 0.2) is 0 Å². The number of hydrogen-bond donors (Lipinski definition) is 1. The van der Waals surface area contributed by atoms with E-state index in [1.54, 1.807) is 25.1 Å². The zero-order valence-electron chi connectivity index (χ0n) is 16.1. The molecular weight excluding hydrogens is 334 g/mol. The summed E-state index contributed by atoms with van der Waals surface area (Å²) in [6, 6.07) is 5.01. The highest BCUT2D eigenvalue weighted by Crippen LogP contribution is 2.42. The largest absolute Gasteiger partial charge is 0.493 e. The van der Waals surface area contributed by atoms with E-state index < -0.39 is 11.6 Å². The molecule has 144 valence electrons. The van der Waals surface area contributed by atoms with Gasteiger partial charge in [-0.25, -0.2) is 4.79 Å². The molecule has 1 atom stereocenters. The van der Waals surface area contributed by atoms with Crippen LogP contribution in [0.25, 0.3) is 0 Å². The second-order valence-corrected chi connectivity index (χ2v) is 6.55. The Morgan fingerprint density at radius 1 is 1.19 bits per heavy atom. The van der Waals surface area contributed by atoms with Crippen LogP contribution < -0.4 is 10.1 Å². The Morgan fingerprint density at radius 3 is 2.50 bits per heavy atom. The smallest absolute Gasteiger partial charge is 0.341 e. The molecule has 0 unspecified atom stereocenters. The number of amides is 1. The van der Waals surface area contributed by atoms with Crippen molar-refractivity contribution < 1.29 is 23.8 Å². The van der Waals surface area contributed by atoms with Gasteiger partial charge in [0.25, 0.3) is 5.91 Å². The summed E-state index contributed by atoms with van der Waals surface area (Å²) < 4.78 is 16.5. The summed E-state index contributed by atoms with van der Waals surface area (Å²) in [4.78, 5) is 25.0. The lowest BCUT2D eigenvalue weighted by Crippen LogP contribution is -2.44. The van der Waals surface area contributed by atoms with Crippen molar-refractivity contribution >= 4 is 17.6 Å². The molecule has 1 aromatic rings. The molecule has 1 aliphatic carbocycles. The summed E-state index contributed by atoms with van der Waals surface area (Å²) in [5.41, 5.74) is -0.0212. The van der Waals surface area contributed by atoms with Gasteiger partial charge in [-0.2, -0.15) is 0 Å². The molecule has 0 heterocycles.